The number of hydrogen-bond acceptors (Lipinski definition) is 5. The topological polar surface area (TPSA) is 65.8 Å². The Morgan fingerprint density at radius 2 is 1.80 bits per heavy atom. The molecule has 0 aliphatic carbocycles. The average Bonchev–Trinajstić information content (AvgIpc) is 3.38. The molecule has 30 heavy (non-hydrogen) atoms. The lowest BCUT2D eigenvalue weighted by atomic mass is 10.1. The summed E-state index contributed by atoms with van der Waals surface area (Å²) >= 11 is 1.61. The van der Waals surface area contributed by atoms with Crippen molar-refractivity contribution in [2.45, 2.75) is 6.54 Å². The van der Waals surface area contributed by atoms with Crippen LogP contribution in [-0.2, 0) is 6.54 Å². The van der Waals surface area contributed by atoms with E-state index >= 15 is 0 Å². The van der Waals surface area contributed by atoms with Crippen LogP contribution < -0.4 is 5.32 Å². The molecule has 0 atom stereocenters. The van der Waals surface area contributed by atoms with Crippen LogP contribution in [0.1, 0.15) is 5.56 Å². The molecule has 3 aromatic heterocycles. The number of hydrogen-bond donors (Lipinski definition) is 1. The number of nitrogens with zero attached hydrogens (tertiary/aromatic N) is 5. The van der Waals surface area contributed by atoms with Gasteiger partial charge in [-0.2, -0.15) is 0 Å². The highest BCUT2D eigenvalue weighted by Gasteiger charge is 2.21. The molecule has 1 N–H and O–H groups in total. The van der Waals surface area contributed by atoms with Gasteiger partial charge in [0.1, 0.15) is 0 Å². The summed E-state index contributed by atoms with van der Waals surface area (Å²) in [5, 5.41) is 5.03. The van der Waals surface area contributed by atoms with Gasteiger partial charge in [0.2, 0.25) is 0 Å². The van der Waals surface area contributed by atoms with Gasteiger partial charge < -0.3 is 10.2 Å². The molecule has 4 heterocycles. The van der Waals surface area contributed by atoms with E-state index in [1.54, 1.807) is 11.3 Å². The lowest BCUT2D eigenvalue weighted by Crippen LogP contribution is -2.49. The maximum Gasteiger partial charge on any atom is 0.321 e. The maximum atomic E-state index is 12.6. The minimum atomic E-state index is -0.0474. The number of carbonyl (C=O) groups is 1. The van der Waals surface area contributed by atoms with Crippen LogP contribution in [0.2, 0.25) is 0 Å². The molecule has 1 aliphatic heterocycles. The summed E-state index contributed by atoms with van der Waals surface area (Å²) < 4.78 is 2.02. The van der Waals surface area contributed by atoms with Gasteiger partial charge in [0.15, 0.2) is 4.96 Å². The van der Waals surface area contributed by atoms with Crippen LogP contribution >= 0.6 is 11.3 Å². The molecule has 0 unspecified atom stereocenters. The van der Waals surface area contributed by atoms with Gasteiger partial charge in [-0.3, -0.25) is 14.3 Å². The smallest absolute Gasteiger partial charge is 0.321 e. The fourth-order valence-corrected chi connectivity index (χ4v) is 4.35. The largest absolute Gasteiger partial charge is 0.322 e. The van der Waals surface area contributed by atoms with E-state index in [1.807, 2.05) is 75.9 Å². The Hall–Kier alpha value is -3.23. The van der Waals surface area contributed by atoms with Crippen molar-refractivity contribution in [3.05, 3.63) is 72.1 Å². The number of carbonyl (C=O) groups excluding carboxylic acids is 1. The fraction of sp³-hybridized carbons (Fsp3) is 0.227. The van der Waals surface area contributed by atoms with Gasteiger partial charge in [-0.25, -0.2) is 9.78 Å². The van der Waals surface area contributed by atoms with E-state index in [9.17, 15) is 4.79 Å². The van der Waals surface area contributed by atoms with E-state index in [-0.39, 0.29) is 6.03 Å². The Bertz CT molecular complexity index is 1100. The normalized spacial score (nSPS) is 14.9. The molecule has 0 radical (unpaired) electrons. The second-order valence-corrected chi connectivity index (χ2v) is 8.22. The third-order valence-electron chi connectivity index (χ3n) is 5.34. The molecule has 2 amide bonds. The van der Waals surface area contributed by atoms with Crippen molar-refractivity contribution in [2.75, 3.05) is 31.5 Å². The minimum Gasteiger partial charge on any atom is -0.322 e. The quantitative estimate of drug-likeness (QED) is 0.547. The predicted molar refractivity (Wildman–Crippen MR) is 119 cm³/mol. The van der Waals surface area contributed by atoms with E-state index in [0.29, 0.717) is 0 Å². The SMILES string of the molecule is O=C(Nc1ccc(-c2cn3ccsc3n2)cc1)N1CCN(Cc2ccncc2)CC1. The third kappa shape index (κ3) is 4.05. The number of piperazine rings is 1. The molecule has 152 valence electrons. The Labute approximate surface area is 178 Å². The van der Waals surface area contributed by atoms with Gasteiger partial charge in [0.05, 0.1) is 5.69 Å². The standard InChI is InChI=1S/C22H22N6OS/c29-21(27-11-9-26(10-12-27)15-17-5-7-23-8-6-17)24-19-3-1-18(2-4-19)20-16-28-13-14-30-22(28)25-20/h1-8,13-14,16H,9-12,15H2,(H,24,29). The Morgan fingerprint density at radius 3 is 2.53 bits per heavy atom. The summed E-state index contributed by atoms with van der Waals surface area (Å²) in [5.74, 6) is 0. The van der Waals surface area contributed by atoms with E-state index in [4.69, 9.17) is 0 Å². The van der Waals surface area contributed by atoms with E-state index in [1.165, 1.54) is 5.56 Å². The van der Waals surface area contributed by atoms with Crippen LogP contribution in [0.5, 0.6) is 0 Å². The van der Waals surface area contributed by atoms with Crippen LogP contribution in [-0.4, -0.2) is 56.4 Å². The zero-order valence-corrected chi connectivity index (χ0v) is 17.3. The maximum absolute atomic E-state index is 12.6. The molecule has 7 nitrogen and oxygen atoms in total. The molecule has 1 aliphatic rings. The molecule has 8 heteroatoms. The van der Waals surface area contributed by atoms with Gasteiger partial charge in [-0.1, -0.05) is 12.1 Å². The highest BCUT2D eigenvalue weighted by molar-refractivity contribution is 7.15. The molecule has 1 aromatic carbocycles. The van der Waals surface area contributed by atoms with Gasteiger partial charge >= 0.3 is 6.03 Å². The third-order valence-corrected chi connectivity index (χ3v) is 6.11. The van der Waals surface area contributed by atoms with Crippen LogP contribution in [0.4, 0.5) is 10.5 Å². The van der Waals surface area contributed by atoms with Crippen LogP contribution in [0.15, 0.2) is 66.6 Å². The van der Waals surface area contributed by atoms with Crippen molar-refractivity contribution < 1.29 is 4.79 Å². The number of thiazole rings is 1. The molecule has 4 aromatic rings. The van der Waals surface area contributed by atoms with E-state index in [0.717, 1.165) is 54.6 Å². The number of urea groups is 1. The molecule has 0 bridgehead atoms. The second kappa shape index (κ2) is 8.25. The first kappa shape index (κ1) is 18.8. The van der Waals surface area contributed by atoms with Gasteiger partial charge in [0.25, 0.3) is 0 Å². The summed E-state index contributed by atoms with van der Waals surface area (Å²) in [6, 6.07) is 11.9. The number of fused-ring (bicyclic) bond motifs is 1. The number of aromatic nitrogens is 3. The number of rotatable bonds is 4. The predicted octanol–water partition coefficient (Wildman–Crippen LogP) is 3.81. The van der Waals surface area contributed by atoms with Crippen LogP contribution in [0.25, 0.3) is 16.2 Å². The Balaban J connectivity index is 1.15. The Morgan fingerprint density at radius 1 is 1.03 bits per heavy atom. The summed E-state index contributed by atoms with van der Waals surface area (Å²) in [6.07, 6.45) is 7.66. The van der Waals surface area contributed by atoms with Gasteiger partial charge in [0, 0.05) is 74.1 Å². The number of amides is 2. The molecule has 5 rings (SSSR count). The monoisotopic (exact) mass is 418 g/mol. The first-order chi connectivity index (χ1) is 14.7. The number of anilines is 1. The fourth-order valence-electron chi connectivity index (χ4n) is 3.65. The van der Waals surface area contributed by atoms with E-state index < -0.39 is 0 Å². The van der Waals surface area contributed by atoms with Gasteiger partial charge in [-0.05, 0) is 29.8 Å². The number of imidazole rings is 1. The summed E-state index contributed by atoms with van der Waals surface area (Å²) in [5.41, 5.74) is 4.02. The van der Waals surface area contributed by atoms with E-state index in [2.05, 4.69) is 20.2 Å². The van der Waals surface area contributed by atoms with Crippen molar-refractivity contribution in [1.29, 1.82) is 0 Å². The lowest BCUT2D eigenvalue weighted by molar-refractivity contribution is 0.143. The van der Waals surface area contributed by atoms with Gasteiger partial charge in [-0.15, -0.1) is 11.3 Å². The van der Waals surface area contributed by atoms with Crippen LogP contribution in [0.3, 0.4) is 0 Å². The summed E-state index contributed by atoms with van der Waals surface area (Å²) in [6.45, 7) is 4.07. The van der Waals surface area contributed by atoms with Crippen molar-refractivity contribution in [1.82, 2.24) is 24.2 Å². The Kier molecular flexibility index (Phi) is 5.17. The summed E-state index contributed by atoms with van der Waals surface area (Å²) in [4.78, 5) is 26.5. The highest BCUT2D eigenvalue weighted by Crippen LogP contribution is 2.23. The molecule has 0 spiro atoms. The average molecular weight is 419 g/mol. The number of benzene rings is 1. The molecular weight excluding hydrogens is 396 g/mol. The zero-order chi connectivity index (χ0) is 20.3. The first-order valence-electron chi connectivity index (χ1n) is 9.94. The lowest BCUT2D eigenvalue weighted by Gasteiger charge is -2.34. The molecule has 1 saturated heterocycles. The minimum absolute atomic E-state index is 0.0474. The first-order valence-corrected chi connectivity index (χ1v) is 10.8. The summed E-state index contributed by atoms with van der Waals surface area (Å²) in [7, 11) is 0. The van der Waals surface area contributed by atoms with Crippen molar-refractivity contribution >= 4 is 28.0 Å². The molecule has 1 fully saturated rings. The number of nitrogens with one attached hydrogen (secondary N) is 1. The number of pyridine rings is 1. The highest BCUT2D eigenvalue weighted by atomic mass is 32.1. The van der Waals surface area contributed by atoms with Crippen LogP contribution in [0, 0.1) is 0 Å². The zero-order valence-electron chi connectivity index (χ0n) is 16.4. The second-order valence-electron chi connectivity index (χ2n) is 7.35. The molecular formula is C22H22N6OS. The van der Waals surface area contributed by atoms with Crippen molar-refractivity contribution in [3.63, 3.8) is 0 Å². The molecule has 0 saturated carbocycles. The van der Waals surface area contributed by atoms with Crippen molar-refractivity contribution in [3.8, 4) is 11.3 Å². The van der Waals surface area contributed by atoms with Crippen molar-refractivity contribution in [2.24, 2.45) is 0 Å².